The summed E-state index contributed by atoms with van der Waals surface area (Å²) in [5, 5.41) is 5.57. The molecule has 1 heterocycles. The fraction of sp³-hybridized carbons (Fsp3) is 0.448. The van der Waals surface area contributed by atoms with Crippen LogP contribution in [-0.2, 0) is 23.9 Å². The molecular formula is C29H35N3O4S. The molecule has 0 spiro atoms. The summed E-state index contributed by atoms with van der Waals surface area (Å²) >= 11 is 1.62. The quantitative estimate of drug-likeness (QED) is 0.493. The normalized spacial score (nSPS) is 23.1. The Hall–Kier alpha value is -3.13. The molecule has 0 radical (unpaired) electrons. The van der Waals surface area contributed by atoms with Crippen LogP contribution in [0.3, 0.4) is 0 Å². The third-order valence-corrected chi connectivity index (χ3v) is 8.87. The minimum atomic E-state index is -0.821. The van der Waals surface area contributed by atoms with Crippen molar-refractivity contribution in [1.29, 1.82) is 0 Å². The zero-order chi connectivity index (χ0) is 26.8. The summed E-state index contributed by atoms with van der Waals surface area (Å²) in [5.74, 6) is -0.624. The van der Waals surface area contributed by atoms with Gasteiger partial charge in [0, 0.05) is 6.54 Å². The van der Waals surface area contributed by atoms with E-state index < -0.39 is 27.8 Å². The van der Waals surface area contributed by atoms with E-state index in [1.54, 1.807) is 16.7 Å². The first kappa shape index (κ1) is 26.9. The van der Waals surface area contributed by atoms with E-state index in [9.17, 15) is 19.2 Å². The summed E-state index contributed by atoms with van der Waals surface area (Å²) in [5.41, 5.74) is 1.86. The van der Waals surface area contributed by atoms with Crippen LogP contribution in [-0.4, -0.2) is 59.8 Å². The standard InChI is InChI=1S/C29H35N3O4S/c1-27(2,3)24(30-19-34)26(36)32-17-29(37-4,16-23(32)25(35)31-28(18-33)14-15-28)22-12-10-21(11-13-22)20-8-6-5-7-9-20/h5-13,18-19,23-24H,14-17H2,1-4H3,(H,30,34)(H,31,35)/t23?,24-,29+/m1/s1. The Bertz CT molecular complexity index is 1160. The largest absolute Gasteiger partial charge is 0.346 e. The van der Waals surface area contributed by atoms with Gasteiger partial charge >= 0.3 is 0 Å². The molecule has 196 valence electrons. The number of carbonyl (C=O) groups excluding carboxylic acids is 4. The summed E-state index contributed by atoms with van der Waals surface area (Å²) in [6.07, 6.45) is 4.94. The molecule has 1 saturated heterocycles. The zero-order valence-electron chi connectivity index (χ0n) is 21.8. The van der Waals surface area contributed by atoms with Crippen molar-refractivity contribution in [1.82, 2.24) is 15.5 Å². The van der Waals surface area contributed by atoms with Gasteiger partial charge in [-0.1, -0.05) is 75.4 Å². The van der Waals surface area contributed by atoms with Gasteiger partial charge in [-0.15, -0.1) is 0 Å². The van der Waals surface area contributed by atoms with Crippen LogP contribution in [0.25, 0.3) is 11.1 Å². The van der Waals surface area contributed by atoms with Gasteiger partial charge in [-0.05, 0) is 47.6 Å². The molecule has 2 aromatic carbocycles. The molecule has 1 unspecified atom stereocenters. The van der Waals surface area contributed by atoms with Crippen molar-refractivity contribution in [3.63, 3.8) is 0 Å². The fourth-order valence-corrected chi connectivity index (χ4v) is 6.04. The molecule has 1 aliphatic heterocycles. The van der Waals surface area contributed by atoms with Gasteiger partial charge in [-0.3, -0.25) is 14.4 Å². The lowest BCUT2D eigenvalue weighted by atomic mass is 9.85. The molecule has 1 aliphatic carbocycles. The van der Waals surface area contributed by atoms with E-state index in [1.807, 2.05) is 45.2 Å². The number of aldehydes is 1. The van der Waals surface area contributed by atoms with E-state index in [0.29, 0.717) is 32.2 Å². The predicted octanol–water partition coefficient (Wildman–Crippen LogP) is 3.52. The first-order valence-corrected chi connectivity index (χ1v) is 13.8. The summed E-state index contributed by atoms with van der Waals surface area (Å²) in [6.45, 7) is 5.96. The van der Waals surface area contributed by atoms with Gasteiger partial charge in [0.15, 0.2) is 0 Å². The van der Waals surface area contributed by atoms with Crippen molar-refractivity contribution in [3.8, 4) is 11.1 Å². The Morgan fingerprint density at radius 1 is 1.03 bits per heavy atom. The third-order valence-electron chi connectivity index (χ3n) is 7.55. The molecule has 0 bridgehead atoms. The molecule has 2 N–H and O–H groups in total. The van der Waals surface area contributed by atoms with Crippen LogP contribution in [0.2, 0.25) is 0 Å². The second kappa shape index (κ2) is 10.3. The van der Waals surface area contributed by atoms with Crippen LogP contribution in [0, 0.1) is 5.41 Å². The molecule has 7 nitrogen and oxygen atoms in total. The maximum absolute atomic E-state index is 13.9. The Labute approximate surface area is 222 Å². The lowest BCUT2D eigenvalue weighted by Crippen LogP contribution is -2.57. The maximum Gasteiger partial charge on any atom is 0.246 e. The Morgan fingerprint density at radius 2 is 1.65 bits per heavy atom. The minimum Gasteiger partial charge on any atom is -0.346 e. The number of hydrogen-bond acceptors (Lipinski definition) is 5. The number of nitrogens with zero attached hydrogens (tertiary/aromatic N) is 1. The second-order valence-electron chi connectivity index (χ2n) is 11.2. The van der Waals surface area contributed by atoms with E-state index in [1.165, 1.54) is 0 Å². The summed E-state index contributed by atoms with van der Waals surface area (Å²) in [6, 6.07) is 16.8. The van der Waals surface area contributed by atoms with Crippen LogP contribution in [0.4, 0.5) is 0 Å². The topological polar surface area (TPSA) is 95.6 Å². The highest BCUT2D eigenvalue weighted by atomic mass is 32.2. The summed E-state index contributed by atoms with van der Waals surface area (Å²) in [7, 11) is 0. The average molecular weight is 522 g/mol. The van der Waals surface area contributed by atoms with Gasteiger partial charge in [0.05, 0.1) is 10.3 Å². The molecule has 8 heteroatoms. The van der Waals surface area contributed by atoms with E-state index in [4.69, 9.17) is 0 Å². The molecule has 3 amide bonds. The maximum atomic E-state index is 13.9. The molecular weight excluding hydrogens is 486 g/mol. The fourth-order valence-electron chi connectivity index (χ4n) is 5.07. The van der Waals surface area contributed by atoms with Crippen molar-refractivity contribution in [2.45, 2.75) is 62.4 Å². The molecule has 2 aromatic rings. The lowest BCUT2D eigenvalue weighted by molar-refractivity contribution is -0.143. The first-order chi connectivity index (χ1) is 17.6. The molecule has 37 heavy (non-hydrogen) atoms. The molecule has 0 aromatic heterocycles. The van der Waals surface area contributed by atoms with Crippen molar-refractivity contribution in [3.05, 3.63) is 60.2 Å². The molecule has 3 atom stereocenters. The Morgan fingerprint density at radius 3 is 2.16 bits per heavy atom. The highest BCUT2D eigenvalue weighted by Gasteiger charge is 2.53. The monoisotopic (exact) mass is 521 g/mol. The number of amides is 3. The number of carbonyl (C=O) groups is 4. The number of hydrogen-bond donors (Lipinski definition) is 2. The molecule has 4 rings (SSSR count). The minimum absolute atomic E-state index is 0.299. The highest BCUT2D eigenvalue weighted by molar-refractivity contribution is 7.99. The van der Waals surface area contributed by atoms with Crippen LogP contribution in [0.5, 0.6) is 0 Å². The Balaban J connectivity index is 1.69. The number of likely N-dealkylation sites (tertiary alicyclic amines) is 1. The van der Waals surface area contributed by atoms with Crippen LogP contribution in [0.1, 0.15) is 45.6 Å². The van der Waals surface area contributed by atoms with E-state index in [2.05, 4.69) is 47.0 Å². The van der Waals surface area contributed by atoms with E-state index >= 15 is 0 Å². The SMILES string of the molecule is CS[C@@]1(c2ccc(-c3ccccc3)cc2)CC(C(=O)NC2(C=O)CC2)N(C(=O)[C@@H](NC=O)C(C)(C)C)C1. The average Bonchev–Trinajstić information content (AvgIpc) is 3.55. The lowest BCUT2D eigenvalue weighted by Gasteiger charge is -2.35. The van der Waals surface area contributed by atoms with Crippen molar-refractivity contribution < 1.29 is 19.2 Å². The van der Waals surface area contributed by atoms with Crippen LogP contribution >= 0.6 is 11.8 Å². The van der Waals surface area contributed by atoms with Crippen LogP contribution < -0.4 is 10.6 Å². The third kappa shape index (κ3) is 5.44. The molecule has 2 aliphatic rings. The van der Waals surface area contributed by atoms with E-state index in [0.717, 1.165) is 23.0 Å². The van der Waals surface area contributed by atoms with Gasteiger partial charge in [0.25, 0.3) is 0 Å². The van der Waals surface area contributed by atoms with Crippen LogP contribution in [0.15, 0.2) is 54.6 Å². The summed E-state index contributed by atoms with van der Waals surface area (Å²) in [4.78, 5) is 52.0. The van der Waals surface area contributed by atoms with E-state index in [-0.39, 0.29) is 11.8 Å². The highest BCUT2D eigenvalue weighted by Crippen LogP contribution is 2.47. The Kier molecular flexibility index (Phi) is 7.51. The van der Waals surface area contributed by atoms with Crippen molar-refractivity contribution in [2.24, 2.45) is 5.41 Å². The second-order valence-corrected chi connectivity index (χ2v) is 12.4. The molecule has 1 saturated carbocycles. The molecule has 2 fully saturated rings. The van der Waals surface area contributed by atoms with Gasteiger partial charge in [0.2, 0.25) is 18.2 Å². The van der Waals surface area contributed by atoms with Gasteiger partial charge in [-0.25, -0.2) is 0 Å². The number of rotatable bonds is 9. The first-order valence-electron chi connectivity index (χ1n) is 12.6. The van der Waals surface area contributed by atoms with Gasteiger partial charge < -0.3 is 20.3 Å². The van der Waals surface area contributed by atoms with Crippen molar-refractivity contribution in [2.75, 3.05) is 12.8 Å². The predicted molar refractivity (Wildman–Crippen MR) is 146 cm³/mol. The summed E-state index contributed by atoms with van der Waals surface area (Å²) < 4.78 is -0.519. The smallest absolute Gasteiger partial charge is 0.246 e. The number of benzene rings is 2. The zero-order valence-corrected chi connectivity index (χ0v) is 22.6. The number of nitrogens with one attached hydrogen (secondary N) is 2. The number of thioether (sulfide) groups is 1. The van der Waals surface area contributed by atoms with Crippen molar-refractivity contribution >= 4 is 36.3 Å². The van der Waals surface area contributed by atoms with Gasteiger partial charge in [0.1, 0.15) is 18.4 Å². The van der Waals surface area contributed by atoms with Gasteiger partial charge in [-0.2, -0.15) is 11.8 Å².